The molecule has 0 amide bonds. The standard InChI is InChI=1S/C23H24NO4/c1-15(25)27-22-9-4-6-17-12-18(23(13-21(17)22)28-16(2)26)14-24(3)19-7-5-8-20(24)11-10-19/h4,6,9,12-13,19-20H,7,10-11,14H2,1-3H3/q+1/t19-,20+,24?/m1/s1. The highest BCUT2D eigenvalue weighted by molar-refractivity contribution is 5.92. The molecular weight excluding hydrogens is 354 g/mol. The van der Waals surface area contributed by atoms with Crippen LogP contribution >= 0.6 is 0 Å². The Morgan fingerprint density at radius 1 is 1.11 bits per heavy atom. The van der Waals surface area contributed by atoms with Crippen molar-refractivity contribution in [3.8, 4) is 23.3 Å². The second-order valence-corrected chi connectivity index (χ2v) is 7.90. The summed E-state index contributed by atoms with van der Waals surface area (Å²) in [5.41, 5.74) is 0.978. The molecule has 144 valence electrons. The summed E-state index contributed by atoms with van der Waals surface area (Å²) < 4.78 is 11.8. The normalized spacial score (nSPS) is 25.1. The van der Waals surface area contributed by atoms with Crippen LogP contribution in [0.1, 0.15) is 38.7 Å². The van der Waals surface area contributed by atoms with Gasteiger partial charge in [0.1, 0.15) is 24.1 Å². The molecule has 0 aliphatic carbocycles. The van der Waals surface area contributed by atoms with Gasteiger partial charge in [-0.3, -0.25) is 9.59 Å². The van der Waals surface area contributed by atoms with Crippen LogP contribution in [0, 0.1) is 11.8 Å². The first-order chi connectivity index (χ1) is 13.4. The number of carbonyl (C=O) groups excluding carboxylic acids is 2. The van der Waals surface area contributed by atoms with E-state index in [1.807, 2.05) is 24.3 Å². The summed E-state index contributed by atoms with van der Waals surface area (Å²) >= 11 is 0. The zero-order valence-corrected chi connectivity index (χ0v) is 16.5. The summed E-state index contributed by atoms with van der Waals surface area (Å²) in [6.45, 7) is 3.52. The van der Waals surface area contributed by atoms with E-state index in [9.17, 15) is 9.59 Å². The van der Waals surface area contributed by atoms with E-state index in [0.29, 0.717) is 23.6 Å². The molecule has 2 aliphatic rings. The fourth-order valence-corrected chi connectivity index (χ4v) is 4.57. The minimum atomic E-state index is -0.382. The van der Waals surface area contributed by atoms with E-state index in [1.54, 1.807) is 6.07 Å². The molecule has 1 fully saturated rings. The lowest BCUT2D eigenvalue weighted by atomic mass is 10.0. The van der Waals surface area contributed by atoms with Crippen molar-refractivity contribution in [2.24, 2.45) is 0 Å². The maximum absolute atomic E-state index is 11.7. The predicted molar refractivity (Wildman–Crippen MR) is 106 cm³/mol. The number of hydrogen-bond acceptors (Lipinski definition) is 4. The molecule has 5 heteroatoms. The molecule has 0 aromatic heterocycles. The quantitative estimate of drug-likeness (QED) is 0.353. The predicted octanol–water partition coefficient (Wildman–Crippen LogP) is 3.58. The van der Waals surface area contributed by atoms with Crippen molar-refractivity contribution in [2.45, 2.75) is 51.7 Å². The lowest BCUT2D eigenvalue weighted by Gasteiger charge is -2.40. The highest BCUT2D eigenvalue weighted by Crippen LogP contribution is 2.40. The Morgan fingerprint density at radius 3 is 2.57 bits per heavy atom. The first-order valence-electron chi connectivity index (χ1n) is 9.62. The summed E-state index contributed by atoms with van der Waals surface area (Å²) in [5, 5.41) is 1.70. The first kappa shape index (κ1) is 18.5. The zero-order chi connectivity index (χ0) is 19.9. The highest BCUT2D eigenvalue weighted by atomic mass is 16.5. The van der Waals surface area contributed by atoms with E-state index < -0.39 is 0 Å². The second-order valence-electron chi connectivity index (χ2n) is 7.90. The Labute approximate surface area is 164 Å². The summed E-state index contributed by atoms with van der Waals surface area (Å²) in [4.78, 5) is 23.2. The topological polar surface area (TPSA) is 52.6 Å². The van der Waals surface area contributed by atoms with Gasteiger partial charge in [0.25, 0.3) is 0 Å². The number of nitrogens with zero attached hydrogens (tertiary/aromatic N) is 1. The van der Waals surface area contributed by atoms with Gasteiger partial charge in [0.15, 0.2) is 6.04 Å². The lowest BCUT2D eigenvalue weighted by Crippen LogP contribution is -2.53. The van der Waals surface area contributed by atoms with Crippen LogP contribution in [-0.2, 0) is 16.1 Å². The highest BCUT2D eigenvalue weighted by Gasteiger charge is 2.47. The number of esters is 2. The largest absolute Gasteiger partial charge is 0.426 e. The van der Waals surface area contributed by atoms with Gasteiger partial charge in [-0.25, -0.2) is 0 Å². The van der Waals surface area contributed by atoms with Crippen LogP contribution in [0.2, 0.25) is 0 Å². The van der Waals surface area contributed by atoms with E-state index in [0.717, 1.165) is 46.6 Å². The van der Waals surface area contributed by atoms with Crippen LogP contribution < -0.4 is 9.47 Å². The van der Waals surface area contributed by atoms with Gasteiger partial charge in [-0.05, 0) is 29.5 Å². The third-order valence-electron chi connectivity index (χ3n) is 5.97. The van der Waals surface area contributed by atoms with E-state index in [4.69, 9.17) is 9.47 Å². The Balaban J connectivity index is 1.80. The molecule has 0 N–H and O–H groups in total. The minimum Gasteiger partial charge on any atom is -0.426 e. The summed E-state index contributed by atoms with van der Waals surface area (Å²) in [7, 11) is 2.26. The third-order valence-corrected chi connectivity index (χ3v) is 5.97. The van der Waals surface area contributed by atoms with E-state index in [2.05, 4.69) is 18.9 Å². The average molecular weight is 378 g/mol. The van der Waals surface area contributed by atoms with Gasteiger partial charge in [0, 0.05) is 37.6 Å². The number of benzene rings is 2. The summed E-state index contributed by atoms with van der Waals surface area (Å²) in [6, 6.07) is 10.3. The maximum Gasteiger partial charge on any atom is 0.308 e. The second kappa shape index (κ2) is 6.96. The number of carbonyl (C=O) groups is 2. The summed E-state index contributed by atoms with van der Waals surface area (Å²) in [5.74, 6) is 6.94. The van der Waals surface area contributed by atoms with E-state index in [1.165, 1.54) is 13.8 Å². The number of ether oxygens (including phenoxy) is 2. The van der Waals surface area contributed by atoms with Crippen molar-refractivity contribution < 1.29 is 23.5 Å². The molecule has 1 saturated heterocycles. The van der Waals surface area contributed by atoms with Crippen molar-refractivity contribution in [2.75, 3.05) is 7.05 Å². The van der Waals surface area contributed by atoms with Crippen molar-refractivity contribution in [3.05, 3.63) is 35.9 Å². The molecule has 2 aromatic rings. The van der Waals surface area contributed by atoms with E-state index in [-0.39, 0.29) is 11.9 Å². The minimum absolute atomic E-state index is 0.326. The van der Waals surface area contributed by atoms with Crippen LogP contribution in [0.4, 0.5) is 0 Å². The molecular formula is C23H24NO4+. The van der Waals surface area contributed by atoms with Gasteiger partial charge in [0.05, 0.1) is 13.5 Å². The molecule has 2 heterocycles. The monoisotopic (exact) mass is 378 g/mol. The summed E-state index contributed by atoms with van der Waals surface area (Å²) in [6.07, 6.45) is 3.19. The zero-order valence-electron chi connectivity index (χ0n) is 16.5. The Bertz CT molecular complexity index is 1030. The van der Waals surface area contributed by atoms with Crippen molar-refractivity contribution in [1.29, 1.82) is 0 Å². The molecule has 2 aromatic carbocycles. The van der Waals surface area contributed by atoms with Crippen molar-refractivity contribution in [3.63, 3.8) is 0 Å². The van der Waals surface area contributed by atoms with Gasteiger partial charge in [-0.1, -0.05) is 18.1 Å². The lowest BCUT2D eigenvalue weighted by molar-refractivity contribution is -0.949. The molecule has 3 atom stereocenters. The van der Waals surface area contributed by atoms with Gasteiger partial charge in [-0.2, -0.15) is 0 Å². The smallest absolute Gasteiger partial charge is 0.308 e. The van der Waals surface area contributed by atoms with Gasteiger partial charge < -0.3 is 14.0 Å². The van der Waals surface area contributed by atoms with Gasteiger partial charge in [0.2, 0.25) is 0 Å². The Morgan fingerprint density at radius 2 is 1.86 bits per heavy atom. The number of hydrogen-bond donors (Lipinski definition) is 0. The molecule has 2 aliphatic heterocycles. The maximum atomic E-state index is 11.7. The molecule has 0 spiro atoms. The third kappa shape index (κ3) is 3.25. The number of quaternary nitrogens is 1. The van der Waals surface area contributed by atoms with Crippen LogP contribution in [0.25, 0.3) is 10.8 Å². The van der Waals surface area contributed by atoms with Gasteiger partial charge >= 0.3 is 11.9 Å². The fourth-order valence-electron chi connectivity index (χ4n) is 4.57. The van der Waals surface area contributed by atoms with Crippen LogP contribution in [0.5, 0.6) is 11.5 Å². The first-order valence-corrected chi connectivity index (χ1v) is 9.62. The number of fused-ring (bicyclic) bond motifs is 3. The molecule has 0 saturated carbocycles. The Hall–Kier alpha value is -2.84. The molecule has 2 bridgehead atoms. The van der Waals surface area contributed by atoms with Crippen molar-refractivity contribution in [1.82, 2.24) is 0 Å². The Kier molecular flexibility index (Phi) is 4.60. The van der Waals surface area contributed by atoms with Crippen molar-refractivity contribution >= 4 is 22.7 Å². The van der Waals surface area contributed by atoms with Crippen LogP contribution in [0.3, 0.4) is 0 Å². The molecule has 0 radical (unpaired) electrons. The van der Waals surface area contributed by atoms with Crippen LogP contribution in [0.15, 0.2) is 30.3 Å². The average Bonchev–Trinajstić information content (AvgIpc) is 2.80. The van der Waals surface area contributed by atoms with Gasteiger partial charge in [-0.15, -0.1) is 0 Å². The molecule has 28 heavy (non-hydrogen) atoms. The van der Waals surface area contributed by atoms with E-state index >= 15 is 0 Å². The van der Waals surface area contributed by atoms with Crippen LogP contribution in [-0.4, -0.2) is 35.6 Å². The SMILES string of the molecule is CC(=O)Oc1cc2c(OC(C)=O)cccc2cc1C[N+]1(C)[C@@H]2CC#C[C@H]1CC2. The molecule has 1 unspecified atom stereocenters. The fraction of sp³-hybridized carbons (Fsp3) is 0.391. The molecule has 5 nitrogen and oxygen atoms in total. The number of rotatable bonds is 4. The molecule has 4 rings (SSSR count).